The van der Waals surface area contributed by atoms with Crippen molar-refractivity contribution in [3.63, 3.8) is 0 Å². The molecule has 3 nitrogen and oxygen atoms in total. The van der Waals surface area contributed by atoms with Crippen LogP contribution in [0.1, 0.15) is 39.7 Å². The van der Waals surface area contributed by atoms with Crippen molar-refractivity contribution in [1.82, 2.24) is 15.1 Å². The van der Waals surface area contributed by atoms with Crippen LogP contribution in [0, 0.1) is 0 Å². The zero-order valence-electron chi connectivity index (χ0n) is 11.6. The van der Waals surface area contributed by atoms with Crippen LogP contribution in [0.25, 0.3) is 10.9 Å². The lowest BCUT2D eigenvalue weighted by atomic mass is 10.1. The molecular weight excluding hydrogens is 222 g/mol. The summed E-state index contributed by atoms with van der Waals surface area (Å²) >= 11 is 0. The number of nitrogens with zero attached hydrogens (tertiary/aromatic N) is 2. The molecule has 0 fully saturated rings. The van der Waals surface area contributed by atoms with Gasteiger partial charge in [0, 0.05) is 18.0 Å². The first-order valence-electron chi connectivity index (χ1n) is 6.88. The SMILES string of the molecule is CCCC(CNC(C)C)n1ncc2ccccc21. The van der Waals surface area contributed by atoms with Crippen LogP contribution in [0.4, 0.5) is 0 Å². The molecule has 0 amide bonds. The van der Waals surface area contributed by atoms with Crippen molar-refractivity contribution in [3.8, 4) is 0 Å². The molecule has 0 radical (unpaired) electrons. The molecule has 18 heavy (non-hydrogen) atoms. The summed E-state index contributed by atoms with van der Waals surface area (Å²) in [5.74, 6) is 0. The van der Waals surface area contributed by atoms with E-state index in [-0.39, 0.29) is 0 Å². The highest BCUT2D eigenvalue weighted by atomic mass is 15.3. The Kier molecular flexibility index (Phi) is 4.37. The van der Waals surface area contributed by atoms with Crippen LogP contribution in [0.5, 0.6) is 0 Å². The summed E-state index contributed by atoms with van der Waals surface area (Å²) in [7, 11) is 0. The maximum atomic E-state index is 4.57. The molecule has 0 bridgehead atoms. The average molecular weight is 245 g/mol. The lowest BCUT2D eigenvalue weighted by Gasteiger charge is -2.20. The van der Waals surface area contributed by atoms with Gasteiger partial charge in [0.15, 0.2) is 0 Å². The van der Waals surface area contributed by atoms with E-state index < -0.39 is 0 Å². The first kappa shape index (κ1) is 13.1. The Morgan fingerprint density at radius 3 is 2.78 bits per heavy atom. The van der Waals surface area contributed by atoms with Gasteiger partial charge < -0.3 is 5.32 Å². The van der Waals surface area contributed by atoms with Crippen LogP contribution in [0.15, 0.2) is 30.5 Å². The van der Waals surface area contributed by atoms with E-state index in [1.165, 1.54) is 17.3 Å². The monoisotopic (exact) mass is 245 g/mol. The molecule has 0 aliphatic rings. The summed E-state index contributed by atoms with van der Waals surface area (Å²) < 4.78 is 2.17. The maximum Gasteiger partial charge on any atom is 0.0686 e. The number of aromatic nitrogens is 2. The van der Waals surface area contributed by atoms with E-state index in [1.807, 2.05) is 6.20 Å². The van der Waals surface area contributed by atoms with Gasteiger partial charge in [-0.2, -0.15) is 5.10 Å². The first-order chi connectivity index (χ1) is 8.72. The summed E-state index contributed by atoms with van der Waals surface area (Å²) in [6.07, 6.45) is 4.30. The smallest absolute Gasteiger partial charge is 0.0686 e. The lowest BCUT2D eigenvalue weighted by Crippen LogP contribution is -2.30. The van der Waals surface area contributed by atoms with Crippen LogP contribution in [-0.4, -0.2) is 22.4 Å². The Bertz CT molecular complexity index is 487. The van der Waals surface area contributed by atoms with Crippen LogP contribution in [0.2, 0.25) is 0 Å². The number of hydrogen-bond acceptors (Lipinski definition) is 2. The fraction of sp³-hybridized carbons (Fsp3) is 0.533. The van der Waals surface area contributed by atoms with Gasteiger partial charge in [0.2, 0.25) is 0 Å². The number of rotatable bonds is 6. The van der Waals surface area contributed by atoms with E-state index in [1.54, 1.807) is 0 Å². The van der Waals surface area contributed by atoms with Crippen molar-refractivity contribution in [2.75, 3.05) is 6.54 Å². The Balaban J connectivity index is 2.24. The van der Waals surface area contributed by atoms with Crippen molar-refractivity contribution in [3.05, 3.63) is 30.5 Å². The topological polar surface area (TPSA) is 29.9 Å². The summed E-state index contributed by atoms with van der Waals surface area (Å²) in [6, 6.07) is 9.39. The minimum Gasteiger partial charge on any atom is -0.312 e. The molecule has 1 heterocycles. The second-order valence-electron chi connectivity index (χ2n) is 5.15. The van der Waals surface area contributed by atoms with Crippen molar-refractivity contribution in [1.29, 1.82) is 0 Å². The van der Waals surface area contributed by atoms with Crippen molar-refractivity contribution < 1.29 is 0 Å². The molecule has 2 aromatic rings. The van der Waals surface area contributed by atoms with E-state index in [4.69, 9.17) is 0 Å². The average Bonchev–Trinajstić information content (AvgIpc) is 2.78. The second kappa shape index (κ2) is 6.01. The molecule has 1 unspecified atom stereocenters. The maximum absolute atomic E-state index is 4.57. The van der Waals surface area contributed by atoms with E-state index >= 15 is 0 Å². The van der Waals surface area contributed by atoms with Crippen LogP contribution in [-0.2, 0) is 0 Å². The number of para-hydroxylation sites is 1. The molecular formula is C15H23N3. The third-order valence-corrected chi connectivity index (χ3v) is 3.23. The van der Waals surface area contributed by atoms with E-state index in [0.29, 0.717) is 12.1 Å². The third kappa shape index (κ3) is 2.91. The van der Waals surface area contributed by atoms with Gasteiger partial charge in [-0.3, -0.25) is 4.68 Å². The first-order valence-corrected chi connectivity index (χ1v) is 6.88. The molecule has 1 N–H and O–H groups in total. The highest BCUT2D eigenvalue weighted by Crippen LogP contribution is 2.20. The minimum absolute atomic E-state index is 0.442. The van der Waals surface area contributed by atoms with Crippen molar-refractivity contribution in [2.24, 2.45) is 0 Å². The highest BCUT2D eigenvalue weighted by Gasteiger charge is 2.13. The van der Waals surface area contributed by atoms with Crippen LogP contribution < -0.4 is 5.32 Å². The molecule has 3 heteroatoms. The summed E-state index contributed by atoms with van der Waals surface area (Å²) in [5, 5.41) is 9.32. The molecule has 0 aliphatic heterocycles. The Labute approximate surface area is 109 Å². The Morgan fingerprint density at radius 1 is 1.28 bits per heavy atom. The molecule has 0 saturated heterocycles. The summed E-state index contributed by atoms with van der Waals surface area (Å²) in [6.45, 7) is 7.58. The van der Waals surface area contributed by atoms with Crippen LogP contribution in [0.3, 0.4) is 0 Å². The van der Waals surface area contributed by atoms with Gasteiger partial charge in [-0.15, -0.1) is 0 Å². The van der Waals surface area contributed by atoms with E-state index in [2.05, 4.69) is 60.1 Å². The number of fused-ring (bicyclic) bond motifs is 1. The molecule has 1 aromatic heterocycles. The zero-order chi connectivity index (χ0) is 13.0. The predicted octanol–water partition coefficient (Wildman–Crippen LogP) is 3.38. The standard InChI is InChI=1S/C15H23N3/c1-4-7-14(11-16-12(2)3)18-15-9-6-5-8-13(15)10-17-18/h5-6,8-10,12,14,16H,4,7,11H2,1-3H3. The van der Waals surface area contributed by atoms with Gasteiger partial charge in [0.25, 0.3) is 0 Å². The molecule has 98 valence electrons. The number of hydrogen-bond donors (Lipinski definition) is 1. The normalized spacial score (nSPS) is 13.3. The largest absolute Gasteiger partial charge is 0.312 e. The van der Waals surface area contributed by atoms with Gasteiger partial charge in [-0.1, -0.05) is 45.4 Å². The lowest BCUT2D eigenvalue weighted by molar-refractivity contribution is 0.391. The quantitative estimate of drug-likeness (QED) is 0.845. The number of benzene rings is 1. The highest BCUT2D eigenvalue weighted by molar-refractivity contribution is 5.78. The molecule has 1 atom stereocenters. The van der Waals surface area contributed by atoms with Crippen molar-refractivity contribution in [2.45, 2.75) is 45.7 Å². The van der Waals surface area contributed by atoms with Crippen LogP contribution >= 0.6 is 0 Å². The molecule has 1 aromatic carbocycles. The summed E-state index contributed by atoms with van der Waals surface area (Å²) in [4.78, 5) is 0. The molecule has 0 aliphatic carbocycles. The predicted molar refractivity (Wildman–Crippen MR) is 76.8 cm³/mol. The Hall–Kier alpha value is -1.35. The zero-order valence-corrected chi connectivity index (χ0v) is 11.6. The van der Waals surface area contributed by atoms with Gasteiger partial charge in [0.1, 0.15) is 0 Å². The fourth-order valence-electron chi connectivity index (χ4n) is 2.30. The minimum atomic E-state index is 0.442. The van der Waals surface area contributed by atoms with E-state index in [0.717, 1.165) is 13.0 Å². The Morgan fingerprint density at radius 2 is 2.06 bits per heavy atom. The van der Waals surface area contributed by atoms with Gasteiger partial charge in [0.05, 0.1) is 17.8 Å². The van der Waals surface area contributed by atoms with Gasteiger partial charge >= 0.3 is 0 Å². The summed E-state index contributed by atoms with van der Waals surface area (Å²) in [5.41, 5.74) is 1.24. The van der Waals surface area contributed by atoms with Gasteiger partial charge in [-0.25, -0.2) is 0 Å². The third-order valence-electron chi connectivity index (χ3n) is 3.23. The second-order valence-corrected chi connectivity index (χ2v) is 5.15. The molecule has 0 spiro atoms. The number of nitrogens with one attached hydrogen (secondary N) is 1. The van der Waals surface area contributed by atoms with E-state index in [9.17, 15) is 0 Å². The molecule has 0 saturated carbocycles. The molecule has 2 rings (SSSR count). The van der Waals surface area contributed by atoms with Crippen molar-refractivity contribution >= 4 is 10.9 Å². The fourth-order valence-corrected chi connectivity index (χ4v) is 2.30. The van der Waals surface area contributed by atoms with Gasteiger partial charge in [-0.05, 0) is 12.5 Å².